The molecule has 2 unspecified atom stereocenters. The van der Waals surface area contributed by atoms with Gasteiger partial charge in [-0.2, -0.15) is 0 Å². The van der Waals surface area contributed by atoms with Gasteiger partial charge in [0, 0.05) is 29.4 Å². The van der Waals surface area contributed by atoms with Crippen LogP contribution in [-0.4, -0.2) is 21.0 Å². The van der Waals surface area contributed by atoms with Crippen molar-refractivity contribution >= 4 is 5.69 Å². The third kappa shape index (κ3) is 2.93. The molecule has 0 N–H and O–H groups in total. The van der Waals surface area contributed by atoms with Crippen LogP contribution in [0.5, 0.6) is 0 Å². The van der Waals surface area contributed by atoms with E-state index >= 15 is 0 Å². The lowest BCUT2D eigenvalue weighted by Crippen LogP contribution is -2.33. The molecule has 1 aromatic heterocycles. The summed E-state index contributed by atoms with van der Waals surface area (Å²) in [5.74, 6) is 0. The van der Waals surface area contributed by atoms with Crippen LogP contribution in [0.4, 0.5) is 5.69 Å². The first-order valence-electron chi connectivity index (χ1n) is 10.0. The smallest absolute Gasteiger partial charge is 0.121 e. The van der Waals surface area contributed by atoms with Gasteiger partial charge >= 0.3 is 0 Å². The van der Waals surface area contributed by atoms with Gasteiger partial charge in [0.25, 0.3) is 0 Å². The first kappa shape index (κ1) is 17.8. The minimum Gasteiger partial charge on any atom is -0.364 e. The highest BCUT2D eigenvalue weighted by atomic mass is 15.4. The summed E-state index contributed by atoms with van der Waals surface area (Å²) < 4.78 is 2.12. The molecule has 1 aliphatic rings. The molecule has 2 aromatic carbocycles. The number of aromatic nitrogens is 3. The van der Waals surface area contributed by atoms with Crippen LogP contribution in [-0.2, 0) is 6.54 Å². The Morgan fingerprint density at radius 3 is 2.30 bits per heavy atom. The van der Waals surface area contributed by atoms with Gasteiger partial charge < -0.3 is 4.90 Å². The van der Waals surface area contributed by atoms with Gasteiger partial charge in [-0.25, -0.2) is 4.68 Å². The molecule has 0 bridgehead atoms. The molecule has 0 saturated heterocycles. The van der Waals surface area contributed by atoms with E-state index in [4.69, 9.17) is 0 Å². The highest BCUT2D eigenvalue weighted by molar-refractivity contribution is 5.88. The molecule has 0 aliphatic carbocycles. The van der Waals surface area contributed by atoms with Crippen LogP contribution in [0, 0.1) is 0 Å². The molecule has 27 heavy (non-hydrogen) atoms. The maximum absolute atomic E-state index is 4.65. The average molecular weight is 361 g/mol. The molecule has 0 saturated carbocycles. The molecule has 2 atom stereocenters. The number of hydrogen-bond acceptors (Lipinski definition) is 3. The van der Waals surface area contributed by atoms with Crippen LogP contribution in [0.3, 0.4) is 0 Å². The second kappa shape index (κ2) is 7.18. The Kier molecular flexibility index (Phi) is 4.73. The van der Waals surface area contributed by atoms with Gasteiger partial charge in [0.15, 0.2) is 0 Å². The van der Waals surface area contributed by atoms with Crippen molar-refractivity contribution in [3.63, 3.8) is 0 Å². The van der Waals surface area contributed by atoms with E-state index in [1.54, 1.807) is 0 Å². The lowest BCUT2D eigenvalue weighted by molar-refractivity contribution is 0.469. The molecule has 140 valence electrons. The Morgan fingerprint density at radius 2 is 1.56 bits per heavy atom. The van der Waals surface area contributed by atoms with Crippen molar-refractivity contribution in [2.75, 3.05) is 4.90 Å². The molecule has 0 spiro atoms. The summed E-state index contributed by atoms with van der Waals surface area (Å²) in [6.45, 7) is 9.87. The Morgan fingerprint density at radius 1 is 0.889 bits per heavy atom. The van der Waals surface area contributed by atoms with Crippen LogP contribution >= 0.6 is 0 Å². The number of hydrogen-bond donors (Lipinski definition) is 0. The highest BCUT2D eigenvalue weighted by Crippen LogP contribution is 2.42. The average Bonchev–Trinajstić information content (AvgIpc) is 3.14. The number of rotatable bonds is 4. The van der Waals surface area contributed by atoms with Gasteiger partial charge in [0.2, 0.25) is 0 Å². The molecule has 0 fully saturated rings. The topological polar surface area (TPSA) is 34.0 Å². The van der Waals surface area contributed by atoms with Gasteiger partial charge in [-0.3, -0.25) is 0 Å². The van der Waals surface area contributed by atoms with Crippen molar-refractivity contribution in [1.82, 2.24) is 15.0 Å². The lowest BCUT2D eigenvalue weighted by atomic mass is 9.94. The fourth-order valence-corrected chi connectivity index (χ4v) is 3.90. The summed E-state index contributed by atoms with van der Waals surface area (Å²) in [5, 5.41) is 9.24. The van der Waals surface area contributed by atoms with Gasteiger partial charge in [-0.1, -0.05) is 61.5 Å². The summed E-state index contributed by atoms with van der Waals surface area (Å²) >= 11 is 0. The molecule has 3 aromatic rings. The Hall–Kier alpha value is -2.62. The number of fused-ring (bicyclic) bond motifs is 5. The summed E-state index contributed by atoms with van der Waals surface area (Å²) in [6, 6.07) is 18.1. The molecule has 1 aliphatic heterocycles. The second-order valence-corrected chi connectivity index (χ2v) is 7.55. The maximum atomic E-state index is 4.65. The zero-order valence-electron chi connectivity index (χ0n) is 16.7. The summed E-state index contributed by atoms with van der Waals surface area (Å²) in [6.07, 6.45) is 2.13. The van der Waals surface area contributed by atoms with Gasteiger partial charge in [0.1, 0.15) is 5.69 Å². The van der Waals surface area contributed by atoms with Crippen molar-refractivity contribution in [3.8, 4) is 22.5 Å². The Balaban J connectivity index is 2.05. The van der Waals surface area contributed by atoms with E-state index in [1.807, 2.05) is 0 Å². The van der Waals surface area contributed by atoms with E-state index in [-0.39, 0.29) is 0 Å². The third-order valence-corrected chi connectivity index (χ3v) is 5.91. The van der Waals surface area contributed by atoms with Crippen molar-refractivity contribution in [1.29, 1.82) is 0 Å². The van der Waals surface area contributed by atoms with Crippen molar-refractivity contribution < 1.29 is 0 Å². The van der Waals surface area contributed by atoms with E-state index in [0.717, 1.165) is 30.8 Å². The molecule has 4 heteroatoms. The van der Waals surface area contributed by atoms with E-state index in [1.165, 1.54) is 22.4 Å². The number of para-hydroxylation sites is 1. The van der Waals surface area contributed by atoms with Crippen LogP contribution in [0.1, 0.15) is 52.1 Å². The molecule has 2 heterocycles. The molecule has 0 radical (unpaired) electrons. The normalized spacial score (nSPS) is 15.2. The van der Waals surface area contributed by atoms with Gasteiger partial charge in [0.05, 0.1) is 11.7 Å². The lowest BCUT2D eigenvalue weighted by Gasteiger charge is -2.35. The monoisotopic (exact) mass is 360 g/mol. The van der Waals surface area contributed by atoms with Gasteiger partial charge in [-0.05, 0) is 38.3 Å². The predicted octanol–water partition coefficient (Wildman–Crippen LogP) is 5.70. The fraction of sp³-hybridized carbons (Fsp3) is 0.391. The van der Waals surface area contributed by atoms with Gasteiger partial charge in [-0.15, -0.1) is 5.10 Å². The Labute approximate surface area is 161 Å². The molecule has 4 nitrogen and oxygen atoms in total. The van der Waals surface area contributed by atoms with Crippen molar-refractivity contribution in [2.24, 2.45) is 0 Å². The zero-order chi connectivity index (χ0) is 19.0. The van der Waals surface area contributed by atoms with Crippen LogP contribution < -0.4 is 4.90 Å². The SMILES string of the molecule is CCC(C)N1Cc2ccccc2-c2nnn(C(C)CC)c2-c2ccccc21. The maximum Gasteiger partial charge on any atom is 0.121 e. The first-order valence-corrected chi connectivity index (χ1v) is 10.0. The summed E-state index contributed by atoms with van der Waals surface area (Å²) in [4.78, 5) is 2.53. The molecular formula is C23H28N4. The summed E-state index contributed by atoms with van der Waals surface area (Å²) in [5.41, 5.74) is 7.15. The minimum absolute atomic E-state index is 0.304. The standard InChI is InChI=1S/C23H28N4/c1-5-16(3)26-15-18-11-7-8-12-19(18)22-23(20-13-9-10-14-21(20)26)27(25-24-22)17(4)6-2/h7-14,16-17H,5-6,15H2,1-4H3. The third-order valence-electron chi connectivity index (χ3n) is 5.91. The van der Waals surface area contributed by atoms with E-state index in [2.05, 4.69) is 96.1 Å². The molecular weight excluding hydrogens is 332 g/mol. The van der Waals surface area contributed by atoms with E-state index < -0.39 is 0 Å². The first-order chi connectivity index (χ1) is 13.2. The van der Waals surface area contributed by atoms with Crippen molar-refractivity contribution in [2.45, 2.75) is 59.2 Å². The minimum atomic E-state index is 0.304. The van der Waals surface area contributed by atoms with Crippen LogP contribution in [0.2, 0.25) is 0 Å². The summed E-state index contributed by atoms with van der Waals surface area (Å²) in [7, 11) is 0. The number of nitrogens with zero attached hydrogens (tertiary/aromatic N) is 4. The second-order valence-electron chi connectivity index (χ2n) is 7.55. The highest BCUT2D eigenvalue weighted by Gasteiger charge is 2.28. The Bertz CT molecular complexity index is 943. The van der Waals surface area contributed by atoms with E-state index in [0.29, 0.717) is 12.1 Å². The largest absolute Gasteiger partial charge is 0.364 e. The molecule has 0 amide bonds. The van der Waals surface area contributed by atoms with Crippen molar-refractivity contribution in [3.05, 3.63) is 54.1 Å². The van der Waals surface area contributed by atoms with Crippen LogP contribution in [0.15, 0.2) is 48.5 Å². The molecule has 4 rings (SSSR count). The number of anilines is 1. The quantitative estimate of drug-likeness (QED) is 0.598. The predicted molar refractivity (Wildman–Crippen MR) is 112 cm³/mol. The fourth-order valence-electron chi connectivity index (χ4n) is 3.90. The van der Waals surface area contributed by atoms with E-state index in [9.17, 15) is 0 Å². The zero-order valence-corrected chi connectivity index (χ0v) is 16.7. The number of benzene rings is 2. The van der Waals surface area contributed by atoms with Crippen LogP contribution in [0.25, 0.3) is 22.5 Å².